The molecule has 0 aliphatic carbocycles. The van der Waals surface area contributed by atoms with E-state index in [2.05, 4.69) is 27.2 Å². The summed E-state index contributed by atoms with van der Waals surface area (Å²) in [5, 5.41) is 2.75. The zero-order chi connectivity index (χ0) is 11.4. The van der Waals surface area contributed by atoms with Gasteiger partial charge in [-0.25, -0.2) is 0 Å². The van der Waals surface area contributed by atoms with Crippen molar-refractivity contribution in [2.45, 2.75) is 20.3 Å². The molecule has 1 rings (SSSR count). The molecule has 0 bridgehead atoms. The molecule has 78 valence electrons. The van der Waals surface area contributed by atoms with Crippen LogP contribution in [0, 0.1) is 26.2 Å². The third kappa shape index (κ3) is 3.10. The molecule has 0 fully saturated rings. The second kappa shape index (κ2) is 4.99. The molecular weight excluding hydrogens is 254 g/mol. The van der Waals surface area contributed by atoms with Gasteiger partial charge in [-0.05, 0) is 37.1 Å². The zero-order valence-electron chi connectivity index (χ0n) is 8.73. The summed E-state index contributed by atoms with van der Waals surface area (Å²) in [7, 11) is 0. The minimum Gasteiger partial charge on any atom is -0.325 e. The summed E-state index contributed by atoms with van der Waals surface area (Å²) in [5.41, 5.74) is 2.96. The lowest BCUT2D eigenvalue weighted by Crippen LogP contribution is -2.10. The number of aryl methyl sites for hydroxylation is 2. The van der Waals surface area contributed by atoms with E-state index >= 15 is 0 Å². The van der Waals surface area contributed by atoms with Crippen molar-refractivity contribution in [2.24, 2.45) is 0 Å². The number of amides is 1. The highest BCUT2D eigenvalue weighted by Gasteiger charge is 2.04. The maximum Gasteiger partial charge on any atom is 0.236 e. The van der Waals surface area contributed by atoms with E-state index in [9.17, 15) is 4.79 Å². The average molecular weight is 266 g/mol. The van der Waals surface area contributed by atoms with Crippen LogP contribution < -0.4 is 5.32 Å². The highest BCUT2D eigenvalue weighted by atomic mass is 79.9. The zero-order valence-corrected chi connectivity index (χ0v) is 10.3. The first-order valence-corrected chi connectivity index (χ1v) is 5.34. The van der Waals surface area contributed by atoms with Gasteiger partial charge in [0, 0.05) is 10.2 Å². The van der Waals surface area contributed by atoms with Gasteiger partial charge in [0.1, 0.15) is 0 Å². The van der Waals surface area contributed by atoms with E-state index in [1.165, 1.54) is 0 Å². The molecule has 0 aliphatic rings. The number of hydrogen-bond donors (Lipinski definition) is 1. The SMILES string of the molecule is C#CCC(=O)Nc1cc(C)c(Br)c(C)c1. The Bertz CT molecular complexity index is 409. The molecule has 0 aliphatic heterocycles. The van der Waals surface area contributed by atoms with Gasteiger partial charge in [-0.15, -0.1) is 6.42 Å². The van der Waals surface area contributed by atoms with Gasteiger partial charge in [0.15, 0.2) is 0 Å². The molecule has 0 spiro atoms. The molecule has 2 nitrogen and oxygen atoms in total. The fourth-order valence-electron chi connectivity index (χ4n) is 1.32. The minimum atomic E-state index is -0.154. The van der Waals surface area contributed by atoms with Crippen molar-refractivity contribution >= 4 is 27.5 Å². The largest absolute Gasteiger partial charge is 0.325 e. The molecule has 15 heavy (non-hydrogen) atoms. The van der Waals surface area contributed by atoms with Crippen molar-refractivity contribution in [2.75, 3.05) is 5.32 Å². The van der Waals surface area contributed by atoms with Gasteiger partial charge in [0.25, 0.3) is 0 Å². The lowest BCUT2D eigenvalue weighted by molar-refractivity contribution is -0.115. The summed E-state index contributed by atoms with van der Waals surface area (Å²) in [4.78, 5) is 11.3. The van der Waals surface area contributed by atoms with Gasteiger partial charge in [-0.1, -0.05) is 21.9 Å². The van der Waals surface area contributed by atoms with Crippen LogP contribution in [0.4, 0.5) is 5.69 Å². The molecule has 1 aromatic carbocycles. The monoisotopic (exact) mass is 265 g/mol. The summed E-state index contributed by atoms with van der Waals surface area (Å²) in [5.74, 6) is 2.15. The van der Waals surface area contributed by atoms with Gasteiger partial charge in [-0.2, -0.15) is 0 Å². The van der Waals surface area contributed by atoms with Crippen molar-refractivity contribution in [3.05, 3.63) is 27.7 Å². The van der Waals surface area contributed by atoms with Gasteiger partial charge in [-0.3, -0.25) is 4.79 Å². The first-order valence-electron chi connectivity index (χ1n) is 4.54. The predicted molar refractivity (Wildman–Crippen MR) is 65.7 cm³/mol. The van der Waals surface area contributed by atoms with Crippen LogP contribution in [0.2, 0.25) is 0 Å². The van der Waals surface area contributed by atoms with E-state index in [-0.39, 0.29) is 12.3 Å². The molecule has 0 unspecified atom stereocenters. The summed E-state index contributed by atoms with van der Waals surface area (Å²) in [6.45, 7) is 3.96. The Labute approximate surface area is 98.2 Å². The molecule has 0 heterocycles. The van der Waals surface area contributed by atoms with Crippen LogP contribution in [0.15, 0.2) is 16.6 Å². The molecule has 1 N–H and O–H groups in total. The number of rotatable bonds is 2. The summed E-state index contributed by atoms with van der Waals surface area (Å²) >= 11 is 3.47. The van der Waals surface area contributed by atoms with Crippen LogP contribution in [0.3, 0.4) is 0 Å². The summed E-state index contributed by atoms with van der Waals surface area (Å²) < 4.78 is 1.07. The van der Waals surface area contributed by atoms with Crippen LogP contribution >= 0.6 is 15.9 Å². The summed E-state index contributed by atoms with van der Waals surface area (Å²) in [6.07, 6.45) is 5.15. The van der Waals surface area contributed by atoms with Gasteiger partial charge < -0.3 is 5.32 Å². The number of carbonyl (C=O) groups is 1. The quantitative estimate of drug-likeness (QED) is 0.819. The van der Waals surface area contributed by atoms with Crippen molar-refractivity contribution < 1.29 is 4.79 Å². The van der Waals surface area contributed by atoms with E-state index in [0.29, 0.717) is 0 Å². The Morgan fingerprint density at radius 3 is 2.47 bits per heavy atom. The number of benzene rings is 1. The van der Waals surface area contributed by atoms with Crippen LogP contribution in [-0.4, -0.2) is 5.91 Å². The molecule has 1 aromatic rings. The number of hydrogen-bond acceptors (Lipinski definition) is 1. The van der Waals surface area contributed by atoms with Crippen LogP contribution in [0.25, 0.3) is 0 Å². The predicted octanol–water partition coefficient (Wildman–Crippen LogP) is 3.03. The highest BCUT2D eigenvalue weighted by Crippen LogP contribution is 2.24. The highest BCUT2D eigenvalue weighted by molar-refractivity contribution is 9.10. The standard InChI is InChI=1S/C12H12BrNO/c1-4-5-11(15)14-10-6-8(2)12(13)9(3)7-10/h1,6-7H,5H2,2-3H3,(H,14,15). The summed E-state index contributed by atoms with van der Waals surface area (Å²) in [6, 6.07) is 3.82. The molecular formula is C12H12BrNO. The molecule has 0 saturated carbocycles. The lowest BCUT2D eigenvalue weighted by Gasteiger charge is -2.08. The Morgan fingerprint density at radius 2 is 2.00 bits per heavy atom. The molecule has 0 radical (unpaired) electrons. The Hall–Kier alpha value is -1.27. The second-order valence-electron chi connectivity index (χ2n) is 3.35. The molecule has 0 atom stereocenters. The number of carbonyl (C=O) groups excluding carboxylic acids is 1. The fraction of sp³-hybridized carbons (Fsp3) is 0.250. The van der Waals surface area contributed by atoms with Crippen LogP contribution in [-0.2, 0) is 4.79 Å². The third-order valence-electron chi connectivity index (χ3n) is 1.98. The van der Waals surface area contributed by atoms with Gasteiger partial charge >= 0.3 is 0 Å². The van der Waals surface area contributed by atoms with E-state index in [1.807, 2.05) is 26.0 Å². The molecule has 1 amide bonds. The average Bonchev–Trinajstić information content (AvgIpc) is 2.14. The number of anilines is 1. The number of nitrogens with one attached hydrogen (secondary N) is 1. The Balaban J connectivity index is 2.89. The first kappa shape index (κ1) is 11.8. The van der Waals surface area contributed by atoms with Crippen molar-refractivity contribution in [3.63, 3.8) is 0 Å². The van der Waals surface area contributed by atoms with Crippen molar-refractivity contribution in [1.29, 1.82) is 0 Å². The van der Waals surface area contributed by atoms with Gasteiger partial charge in [0.2, 0.25) is 5.91 Å². The Morgan fingerprint density at radius 1 is 1.47 bits per heavy atom. The van der Waals surface area contributed by atoms with Gasteiger partial charge in [0.05, 0.1) is 6.42 Å². The number of terminal acetylenes is 1. The fourth-order valence-corrected chi connectivity index (χ4v) is 1.54. The third-order valence-corrected chi connectivity index (χ3v) is 3.23. The van der Waals surface area contributed by atoms with Crippen molar-refractivity contribution in [3.8, 4) is 12.3 Å². The second-order valence-corrected chi connectivity index (χ2v) is 4.15. The van der Waals surface area contributed by atoms with E-state index in [4.69, 9.17) is 6.42 Å². The maximum atomic E-state index is 11.3. The minimum absolute atomic E-state index is 0.105. The molecule has 3 heteroatoms. The normalized spacial score (nSPS) is 9.47. The molecule has 0 aromatic heterocycles. The van der Waals surface area contributed by atoms with Crippen LogP contribution in [0.5, 0.6) is 0 Å². The molecule has 0 saturated heterocycles. The maximum absolute atomic E-state index is 11.3. The van der Waals surface area contributed by atoms with Crippen molar-refractivity contribution in [1.82, 2.24) is 0 Å². The van der Waals surface area contributed by atoms with E-state index < -0.39 is 0 Å². The van der Waals surface area contributed by atoms with E-state index in [1.54, 1.807) is 0 Å². The smallest absolute Gasteiger partial charge is 0.236 e. The topological polar surface area (TPSA) is 29.1 Å². The first-order chi connectivity index (χ1) is 7.04. The van der Waals surface area contributed by atoms with E-state index in [0.717, 1.165) is 21.3 Å². The Kier molecular flexibility index (Phi) is 3.93. The lowest BCUT2D eigenvalue weighted by atomic mass is 10.1. The van der Waals surface area contributed by atoms with Crippen LogP contribution in [0.1, 0.15) is 17.5 Å². The number of halogens is 1.